The molecule has 134 valence electrons. The van der Waals surface area contributed by atoms with E-state index in [0.717, 1.165) is 43.4 Å². The molecule has 2 aromatic heterocycles. The Bertz CT molecular complexity index is 748. The van der Waals surface area contributed by atoms with Gasteiger partial charge in [-0.3, -0.25) is 4.79 Å². The number of carbonyl (C=O) groups is 1. The zero-order valence-electron chi connectivity index (χ0n) is 15.2. The molecule has 1 amide bonds. The molecule has 0 saturated heterocycles. The summed E-state index contributed by atoms with van der Waals surface area (Å²) in [5.74, 6) is 2.33. The number of aryl methyl sites for hydroxylation is 2. The number of aromatic nitrogens is 5. The lowest BCUT2D eigenvalue weighted by Gasteiger charge is -2.22. The van der Waals surface area contributed by atoms with Crippen molar-refractivity contribution in [2.75, 3.05) is 13.1 Å². The van der Waals surface area contributed by atoms with E-state index >= 15 is 0 Å². The summed E-state index contributed by atoms with van der Waals surface area (Å²) < 4.78 is 2.13. The fraction of sp³-hybridized carbons (Fsp3) is 0.588. The van der Waals surface area contributed by atoms with Gasteiger partial charge >= 0.3 is 0 Å². The van der Waals surface area contributed by atoms with Crippen LogP contribution in [0.5, 0.6) is 0 Å². The number of hydrogen-bond donors (Lipinski definition) is 2. The zero-order chi connectivity index (χ0) is 18.0. The lowest BCUT2D eigenvalue weighted by atomic mass is 10.0. The molecule has 25 heavy (non-hydrogen) atoms. The summed E-state index contributed by atoms with van der Waals surface area (Å²) in [5, 5.41) is 15.2. The summed E-state index contributed by atoms with van der Waals surface area (Å²) in [5.41, 5.74) is 1.16. The maximum absolute atomic E-state index is 12.7. The van der Waals surface area contributed by atoms with Crippen LogP contribution in [-0.2, 0) is 13.0 Å². The second-order valence-corrected chi connectivity index (χ2v) is 6.76. The van der Waals surface area contributed by atoms with Gasteiger partial charge in [0.15, 0.2) is 5.82 Å². The summed E-state index contributed by atoms with van der Waals surface area (Å²) >= 11 is 0. The van der Waals surface area contributed by atoms with Crippen LogP contribution < -0.4 is 10.6 Å². The number of nitrogens with one attached hydrogen (secondary N) is 2. The number of carbonyl (C=O) groups excluding carboxylic acids is 1. The molecule has 8 heteroatoms. The van der Waals surface area contributed by atoms with Crippen molar-refractivity contribution in [1.82, 2.24) is 35.4 Å². The average Bonchev–Trinajstić information content (AvgIpc) is 2.79. The van der Waals surface area contributed by atoms with Crippen molar-refractivity contribution < 1.29 is 4.79 Å². The predicted molar refractivity (Wildman–Crippen MR) is 93.1 cm³/mol. The molecule has 1 aliphatic rings. The Hall–Kier alpha value is -2.35. The number of hydrogen-bond acceptors (Lipinski definition) is 6. The third-order valence-corrected chi connectivity index (χ3v) is 4.32. The number of fused-ring (bicyclic) bond motifs is 1. The smallest absolute Gasteiger partial charge is 0.270 e. The number of amides is 1. The van der Waals surface area contributed by atoms with E-state index in [1.54, 1.807) is 13.0 Å². The Morgan fingerprint density at radius 3 is 2.76 bits per heavy atom. The molecule has 0 fully saturated rings. The predicted octanol–water partition coefficient (Wildman–Crippen LogP) is 0.958. The molecule has 0 aromatic carbocycles. The van der Waals surface area contributed by atoms with Gasteiger partial charge in [0.1, 0.15) is 17.3 Å². The highest BCUT2D eigenvalue weighted by molar-refractivity contribution is 5.92. The van der Waals surface area contributed by atoms with Crippen molar-refractivity contribution in [1.29, 1.82) is 0 Å². The Balaban J connectivity index is 1.87. The largest absolute Gasteiger partial charge is 0.340 e. The summed E-state index contributed by atoms with van der Waals surface area (Å²) in [7, 11) is 0. The Kier molecular flexibility index (Phi) is 5.08. The molecule has 3 heterocycles. The van der Waals surface area contributed by atoms with Crippen LogP contribution in [0.1, 0.15) is 53.5 Å². The lowest BCUT2D eigenvalue weighted by Crippen LogP contribution is -2.35. The Morgan fingerprint density at radius 1 is 1.24 bits per heavy atom. The molecule has 0 spiro atoms. The maximum Gasteiger partial charge on any atom is 0.270 e. The van der Waals surface area contributed by atoms with Crippen LogP contribution in [0.2, 0.25) is 0 Å². The van der Waals surface area contributed by atoms with E-state index < -0.39 is 0 Å². The van der Waals surface area contributed by atoms with Crippen LogP contribution in [0.3, 0.4) is 0 Å². The minimum Gasteiger partial charge on any atom is -0.340 e. The monoisotopic (exact) mass is 343 g/mol. The number of rotatable bonds is 4. The molecule has 1 atom stereocenters. The van der Waals surface area contributed by atoms with Gasteiger partial charge in [0, 0.05) is 31.7 Å². The third-order valence-electron chi connectivity index (χ3n) is 4.32. The molecule has 0 bridgehead atoms. The van der Waals surface area contributed by atoms with E-state index in [2.05, 4.69) is 49.2 Å². The minimum absolute atomic E-state index is 0.178. The Labute approximate surface area is 147 Å². The molecule has 3 rings (SSSR count). The van der Waals surface area contributed by atoms with Crippen molar-refractivity contribution in [3.8, 4) is 0 Å². The lowest BCUT2D eigenvalue weighted by molar-refractivity contribution is 0.0916. The van der Waals surface area contributed by atoms with Gasteiger partial charge in [0.05, 0.1) is 6.04 Å². The summed E-state index contributed by atoms with van der Waals surface area (Å²) in [4.78, 5) is 21.2. The summed E-state index contributed by atoms with van der Waals surface area (Å²) in [6.07, 6.45) is 0.843. The van der Waals surface area contributed by atoms with Crippen LogP contribution >= 0.6 is 0 Å². The SMILES string of the molecule is Cc1cc(C(=O)NC(c2nnc3n2CCNCC3)C(C)C)nc(C)n1. The molecule has 0 saturated carbocycles. The highest BCUT2D eigenvalue weighted by Crippen LogP contribution is 2.22. The van der Waals surface area contributed by atoms with E-state index in [1.165, 1.54) is 0 Å². The maximum atomic E-state index is 12.7. The van der Waals surface area contributed by atoms with Crippen molar-refractivity contribution in [2.24, 2.45) is 5.92 Å². The van der Waals surface area contributed by atoms with Crippen molar-refractivity contribution in [2.45, 2.75) is 46.7 Å². The van der Waals surface area contributed by atoms with Gasteiger partial charge in [-0.2, -0.15) is 0 Å². The molecule has 2 N–H and O–H groups in total. The highest BCUT2D eigenvalue weighted by Gasteiger charge is 2.27. The van der Waals surface area contributed by atoms with Gasteiger partial charge in [0.25, 0.3) is 5.91 Å². The summed E-state index contributed by atoms with van der Waals surface area (Å²) in [6.45, 7) is 10.4. The minimum atomic E-state index is -0.220. The van der Waals surface area contributed by atoms with Crippen molar-refractivity contribution in [3.05, 3.63) is 34.9 Å². The summed E-state index contributed by atoms with van der Waals surface area (Å²) in [6, 6.07) is 1.48. The molecule has 0 aliphatic carbocycles. The normalized spacial score (nSPS) is 15.6. The molecular formula is C17H25N7O. The zero-order valence-corrected chi connectivity index (χ0v) is 15.2. The van der Waals surface area contributed by atoms with E-state index in [4.69, 9.17) is 0 Å². The molecular weight excluding hydrogens is 318 g/mol. The quantitative estimate of drug-likeness (QED) is 0.858. The fourth-order valence-corrected chi connectivity index (χ4v) is 3.10. The van der Waals surface area contributed by atoms with Crippen LogP contribution in [0, 0.1) is 19.8 Å². The highest BCUT2D eigenvalue weighted by atomic mass is 16.2. The second-order valence-electron chi connectivity index (χ2n) is 6.76. The molecule has 1 aliphatic heterocycles. The van der Waals surface area contributed by atoms with Crippen molar-refractivity contribution in [3.63, 3.8) is 0 Å². The first-order valence-electron chi connectivity index (χ1n) is 8.71. The third kappa shape index (κ3) is 3.84. The van der Waals surface area contributed by atoms with E-state index in [1.807, 2.05) is 6.92 Å². The van der Waals surface area contributed by atoms with E-state index in [-0.39, 0.29) is 17.9 Å². The second kappa shape index (κ2) is 7.26. The van der Waals surface area contributed by atoms with Gasteiger partial charge in [-0.1, -0.05) is 13.8 Å². The number of nitrogens with zero attached hydrogens (tertiary/aromatic N) is 5. The van der Waals surface area contributed by atoms with Gasteiger partial charge in [-0.25, -0.2) is 9.97 Å². The van der Waals surface area contributed by atoms with E-state index in [0.29, 0.717) is 11.5 Å². The van der Waals surface area contributed by atoms with E-state index in [9.17, 15) is 4.79 Å². The first-order valence-corrected chi connectivity index (χ1v) is 8.71. The first-order chi connectivity index (χ1) is 12.0. The molecule has 0 radical (unpaired) electrons. The molecule has 2 aromatic rings. The first kappa shape index (κ1) is 17.5. The standard InChI is InChI=1S/C17H25N7O/c1-10(2)15(16-23-22-14-5-6-18-7-8-24(14)16)21-17(25)13-9-11(3)19-12(4)20-13/h9-10,15,18H,5-8H2,1-4H3,(H,21,25). The van der Waals surface area contributed by atoms with Crippen LogP contribution in [0.25, 0.3) is 0 Å². The van der Waals surface area contributed by atoms with Crippen LogP contribution in [0.4, 0.5) is 0 Å². The van der Waals surface area contributed by atoms with Gasteiger partial charge in [-0.05, 0) is 25.8 Å². The van der Waals surface area contributed by atoms with Gasteiger partial charge in [0.2, 0.25) is 0 Å². The average molecular weight is 343 g/mol. The van der Waals surface area contributed by atoms with Crippen LogP contribution in [0.15, 0.2) is 6.07 Å². The van der Waals surface area contributed by atoms with Crippen LogP contribution in [-0.4, -0.2) is 43.7 Å². The van der Waals surface area contributed by atoms with Crippen molar-refractivity contribution >= 4 is 5.91 Å². The van der Waals surface area contributed by atoms with Gasteiger partial charge in [-0.15, -0.1) is 10.2 Å². The topological polar surface area (TPSA) is 97.6 Å². The van der Waals surface area contributed by atoms with Gasteiger partial charge < -0.3 is 15.2 Å². The Morgan fingerprint density at radius 2 is 2.04 bits per heavy atom. The fourth-order valence-electron chi connectivity index (χ4n) is 3.10. The molecule has 8 nitrogen and oxygen atoms in total. The molecule has 1 unspecified atom stereocenters.